The van der Waals surface area contributed by atoms with Gasteiger partial charge in [0.15, 0.2) is 15.6 Å². The lowest BCUT2D eigenvalue weighted by atomic mass is 9.75. The molecule has 4 atom stereocenters. The van der Waals surface area contributed by atoms with Crippen molar-refractivity contribution in [1.29, 1.82) is 0 Å². The highest BCUT2D eigenvalue weighted by Gasteiger charge is 2.56. The van der Waals surface area contributed by atoms with Crippen LogP contribution in [0.3, 0.4) is 0 Å². The van der Waals surface area contributed by atoms with Gasteiger partial charge in [-0.05, 0) is 64.0 Å². The van der Waals surface area contributed by atoms with Crippen LogP contribution in [0.15, 0.2) is 17.0 Å². The van der Waals surface area contributed by atoms with Crippen LogP contribution in [0, 0.1) is 24.7 Å². The smallest absolute Gasteiger partial charge is 0.179 e. The number of benzene rings is 1. The molecule has 4 unspecified atom stereocenters. The van der Waals surface area contributed by atoms with Crippen molar-refractivity contribution in [3.8, 4) is 5.75 Å². The molecule has 2 aliphatic rings. The number of carbonyl (C=O) groups excluding carboxylic acids is 1. The van der Waals surface area contributed by atoms with Crippen LogP contribution in [0.5, 0.6) is 5.75 Å². The van der Waals surface area contributed by atoms with E-state index in [4.69, 9.17) is 9.47 Å². The van der Waals surface area contributed by atoms with Crippen LogP contribution in [0.25, 0.3) is 0 Å². The van der Waals surface area contributed by atoms with Crippen LogP contribution in [0.2, 0.25) is 0 Å². The number of ether oxygens (including phenoxy) is 2. The van der Waals surface area contributed by atoms with Gasteiger partial charge in [0.1, 0.15) is 10.6 Å². The molecule has 0 heterocycles. The predicted molar refractivity (Wildman–Crippen MR) is 99.5 cm³/mol. The van der Waals surface area contributed by atoms with Crippen molar-refractivity contribution in [3.05, 3.63) is 23.3 Å². The van der Waals surface area contributed by atoms with E-state index < -0.39 is 9.84 Å². The van der Waals surface area contributed by atoms with Crippen LogP contribution in [0.4, 0.5) is 0 Å². The fourth-order valence-electron chi connectivity index (χ4n) is 4.74. The van der Waals surface area contributed by atoms with Gasteiger partial charge in [-0.1, -0.05) is 0 Å². The summed E-state index contributed by atoms with van der Waals surface area (Å²) in [7, 11) is -1.98. The number of methoxy groups -OCH3 is 1. The molecule has 0 saturated heterocycles. The quantitative estimate of drug-likeness (QED) is 0.707. The molecule has 0 N–H and O–H groups in total. The molecule has 2 saturated carbocycles. The highest BCUT2D eigenvalue weighted by atomic mass is 32.2. The lowest BCUT2D eigenvalue weighted by Gasteiger charge is -2.37. The van der Waals surface area contributed by atoms with Crippen molar-refractivity contribution < 1.29 is 22.7 Å². The number of sulfone groups is 1. The summed E-state index contributed by atoms with van der Waals surface area (Å²) in [5, 5.41) is 0. The molecule has 144 valence electrons. The number of carbonyl (C=O) groups is 1. The van der Waals surface area contributed by atoms with E-state index in [2.05, 4.69) is 6.92 Å². The van der Waals surface area contributed by atoms with Gasteiger partial charge in [-0.25, -0.2) is 8.42 Å². The maximum Gasteiger partial charge on any atom is 0.179 e. The monoisotopic (exact) mass is 380 g/mol. The minimum atomic E-state index is -3.42. The summed E-state index contributed by atoms with van der Waals surface area (Å²) >= 11 is 0. The van der Waals surface area contributed by atoms with E-state index in [9.17, 15) is 13.2 Å². The summed E-state index contributed by atoms with van der Waals surface area (Å²) in [6, 6.07) is 3.12. The molecule has 6 heteroatoms. The zero-order valence-corrected chi connectivity index (χ0v) is 17.0. The first-order valence-electron chi connectivity index (χ1n) is 9.18. The summed E-state index contributed by atoms with van der Waals surface area (Å²) in [6.07, 6.45) is 3.89. The van der Waals surface area contributed by atoms with Crippen molar-refractivity contribution in [2.24, 2.45) is 17.8 Å². The minimum Gasteiger partial charge on any atom is -0.495 e. The van der Waals surface area contributed by atoms with Gasteiger partial charge in [-0.15, -0.1) is 0 Å². The van der Waals surface area contributed by atoms with Gasteiger partial charge >= 0.3 is 0 Å². The molecular formula is C20H28O5S. The molecule has 2 fully saturated rings. The average Bonchev–Trinajstić information content (AvgIpc) is 3.33. The van der Waals surface area contributed by atoms with Gasteiger partial charge in [0.05, 0.1) is 12.7 Å². The van der Waals surface area contributed by atoms with Crippen molar-refractivity contribution in [1.82, 2.24) is 0 Å². The lowest BCUT2D eigenvalue weighted by molar-refractivity contribution is -0.0713. The van der Waals surface area contributed by atoms with Gasteiger partial charge in [-0.3, -0.25) is 4.79 Å². The Kier molecular flexibility index (Phi) is 4.95. The van der Waals surface area contributed by atoms with Crippen molar-refractivity contribution in [3.63, 3.8) is 0 Å². The Bertz CT molecular complexity index is 829. The van der Waals surface area contributed by atoms with Crippen LogP contribution >= 0.6 is 0 Å². The molecule has 0 radical (unpaired) electrons. The number of Topliss-reactive ketones (excluding diaryl/α,β-unsaturated/α-hetero) is 1. The van der Waals surface area contributed by atoms with Gasteiger partial charge in [-0.2, -0.15) is 0 Å². The summed E-state index contributed by atoms with van der Waals surface area (Å²) in [6.45, 7) is 6.52. The summed E-state index contributed by atoms with van der Waals surface area (Å²) < 4.78 is 35.3. The Morgan fingerprint density at radius 1 is 1.31 bits per heavy atom. The number of rotatable bonds is 6. The number of hydrogen-bond donors (Lipinski definition) is 0. The topological polar surface area (TPSA) is 69.7 Å². The van der Waals surface area contributed by atoms with E-state index in [-0.39, 0.29) is 27.9 Å². The Labute approximate surface area is 156 Å². The lowest BCUT2D eigenvalue weighted by Crippen LogP contribution is -2.40. The molecule has 0 amide bonds. The first-order valence-corrected chi connectivity index (χ1v) is 11.1. The summed E-state index contributed by atoms with van der Waals surface area (Å²) in [5.74, 6) is 1.37. The Hall–Kier alpha value is -1.40. The Balaban J connectivity index is 1.93. The zero-order chi connectivity index (χ0) is 19.3. The highest BCUT2D eigenvalue weighted by Crippen LogP contribution is 2.58. The molecule has 26 heavy (non-hydrogen) atoms. The van der Waals surface area contributed by atoms with E-state index in [0.717, 1.165) is 25.5 Å². The summed E-state index contributed by atoms with van der Waals surface area (Å²) in [4.78, 5) is 13.4. The molecule has 0 aromatic heterocycles. The van der Waals surface area contributed by atoms with Gasteiger partial charge in [0.25, 0.3) is 0 Å². The second-order valence-corrected chi connectivity index (χ2v) is 9.87. The number of ketones is 1. The third kappa shape index (κ3) is 3.29. The first-order chi connectivity index (χ1) is 12.1. The molecule has 0 aliphatic heterocycles. The normalized spacial score (nSPS) is 30.6. The minimum absolute atomic E-state index is 0.0668. The van der Waals surface area contributed by atoms with Gasteiger partial charge in [0.2, 0.25) is 0 Å². The van der Waals surface area contributed by atoms with Crippen LogP contribution in [-0.2, 0) is 14.6 Å². The van der Waals surface area contributed by atoms with Crippen molar-refractivity contribution in [2.75, 3.05) is 20.0 Å². The number of hydrogen-bond acceptors (Lipinski definition) is 5. The summed E-state index contributed by atoms with van der Waals surface area (Å²) in [5.41, 5.74) is 0.913. The molecule has 3 rings (SSSR count). The van der Waals surface area contributed by atoms with Gasteiger partial charge < -0.3 is 9.47 Å². The van der Waals surface area contributed by atoms with E-state index in [1.54, 1.807) is 13.0 Å². The molecular weight excluding hydrogens is 352 g/mol. The zero-order valence-electron chi connectivity index (χ0n) is 16.2. The third-order valence-electron chi connectivity index (χ3n) is 6.03. The van der Waals surface area contributed by atoms with Crippen LogP contribution in [-0.4, -0.2) is 39.8 Å². The fraction of sp³-hybridized carbons (Fsp3) is 0.650. The molecule has 0 spiro atoms. The molecule has 2 aliphatic carbocycles. The Morgan fingerprint density at radius 2 is 2.00 bits per heavy atom. The molecule has 0 bridgehead atoms. The fourth-order valence-corrected chi connectivity index (χ4v) is 5.63. The van der Waals surface area contributed by atoms with Crippen molar-refractivity contribution >= 4 is 15.6 Å². The van der Waals surface area contributed by atoms with E-state index >= 15 is 0 Å². The maximum absolute atomic E-state index is 13.2. The molecule has 5 nitrogen and oxygen atoms in total. The first kappa shape index (κ1) is 19.4. The van der Waals surface area contributed by atoms with Gasteiger partial charge in [0, 0.05) is 29.9 Å². The standard InChI is InChI=1S/C20H28O5S/c1-6-25-20(3)11-14(9-13-10-16(13)20)18(21)15-7-8-17(26(5,22)23)19(24-4)12(15)2/h7-8,13-14,16H,6,9-11H2,1-5H3. The van der Waals surface area contributed by atoms with Crippen LogP contribution in [0.1, 0.15) is 49.0 Å². The molecule has 1 aromatic carbocycles. The maximum atomic E-state index is 13.2. The average molecular weight is 381 g/mol. The second kappa shape index (κ2) is 6.64. The molecule has 1 aromatic rings. The van der Waals surface area contributed by atoms with E-state index in [1.165, 1.54) is 13.2 Å². The third-order valence-corrected chi connectivity index (χ3v) is 7.15. The van der Waals surface area contributed by atoms with Crippen molar-refractivity contribution in [2.45, 2.75) is 50.5 Å². The van der Waals surface area contributed by atoms with E-state index in [0.29, 0.717) is 29.6 Å². The van der Waals surface area contributed by atoms with Crippen LogP contribution < -0.4 is 4.74 Å². The largest absolute Gasteiger partial charge is 0.495 e. The van der Waals surface area contributed by atoms with E-state index in [1.807, 2.05) is 6.92 Å². The SMILES string of the molecule is CCOC1(C)CC(C(=O)c2ccc(S(C)(=O)=O)c(OC)c2C)CC2CC21. The number of fused-ring (bicyclic) bond motifs is 1. The Morgan fingerprint density at radius 3 is 2.58 bits per heavy atom. The second-order valence-electron chi connectivity index (χ2n) is 7.89. The predicted octanol–water partition coefficient (Wildman–Crippen LogP) is 3.43. The highest BCUT2D eigenvalue weighted by molar-refractivity contribution is 7.90.